The molecule has 4 nitrogen and oxygen atoms in total. The van der Waals surface area contributed by atoms with Gasteiger partial charge in [-0.3, -0.25) is 10.1 Å². The number of benzene rings is 1. The third-order valence-corrected chi connectivity index (χ3v) is 4.14. The summed E-state index contributed by atoms with van der Waals surface area (Å²) >= 11 is 0. The molecule has 2 aliphatic rings. The zero-order chi connectivity index (χ0) is 12.7. The van der Waals surface area contributed by atoms with Gasteiger partial charge in [-0.1, -0.05) is 24.3 Å². The van der Waals surface area contributed by atoms with Crippen LogP contribution in [0.1, 0.15) is 17.9 Å². The van der Waals surface area contributed by atoms with Gasteiger partial charge in [-0.2, -0.15) is 0 Å². The molecule has 4 unspecified atom stereocenters. The summed E-state index contributed by atoms with van der Waals surface area (Å²) in [5.74, 6) is 1.16. The lowest BCUT2D eigenvalue weighted by molar-refractivity contribution is -0.530. The lowest BCUT2D eigenvalue weighted by atomic mass is 9.83. The van der Waals surface area contributed by atoms with Gasteiger partial charge in [0.25, 0.3) is 0 Å². The molecule has 0 radical (unpaired) electrons. The van der Waals surface area contributed by atoms with Crippen molar-refractivity contribution in [1.82, 2.24) is 0 Å². The number of hydrogen-bond donors (Lipinski definition) is 0. The molecule has 4 heteroatoms. The highest BCUT2D eigenvalue weighted by Crippen LogP contribution is 2.50. The average molecular weight is 245 g/mol. The first-order chi connectivity index (χ1) is 8.70. The normalized spacial score (nSPS) is 32.7. The van der Waals surface area contributed by atoms with Crippen LogP contribution in [-0.2, 0) is 0 Å². The molecule has 0 aromatic heterocycles. The van der Waals surface area contributed by atoms with Gasteiger partial charge in [0.2, 0.25) is 6.04 Å². The standard InChI is InChI=1S/C14H15NO3/c1-18-12-4-2-3-9(8-12)13-10-5-6-11(7-10)14(13)15(16)17/h2-6,8,10-11,13-14H,7H2,1H3. The maximum atomic E-state index is 11.3. The van der Waals surface area contributed by atoms with Gasteiger partial charge in [-0.15, -0.1) is 0 Å². The molecule has 94 valence electrons. The van der Waals surface area contributed by atoms with Crippen molar-refractivity contribution in [1.29, 1.82) is 0 Å². The molecule has 1 saturated carbocycles. The molecular weight excluding hydrogens is 230 g/mol. The summed E-state index contributed by atoms with van der Waals surface area (Å²) in [7, 11) is 1.62. The highest BCUT2D eigenvalue weighted by atomic mass is 16.6. The quantitative estimate of drug-likeness (QED) is 0.467. The first-order valence-corrected chi connectivity index (χ1v) is 6.16. The van der Waals surface area contributed by atoms with Crippen LogP contribution in [0.5, 0.6) is 5.75 Å². The summed E-state index contributed by atoms with van der Waals surface area (Å²) < 4.78 is 5.20. The Hall–Kier alpha value is -1.84. The second-order valence-electron chi connectivity index (χ2n) is 5.03. The molecule has 4 atom stereocenters. The number of allylic oxidation sites excluding steroid dienone is 1. The van der Waals surface area contributed by atoms with E-state index in [1.807, 2.05) is 30.3 Å². The van der Waals surface area contributed by atoms with E-state index in [-0.39, 0.29) is 16.8 Å². The Morgan fingerprint density at radius 2 is 2.11 bits per heavy atom. The first kappa shape index (κ1) is 11.3. The number of rotatable bonds is 3. The lowest BCUT2D eigenvalue weighted by Crippen LogP contribution is -2.31. The van der Waals surface area contributed by atoms with E-state index in [1.54, 1.807) is 7.11 Å². The molecule has 0 aliphatic heterocycles. The summed E-state index contributed by atoms with van der Waals surface area (Å²) in [6, 6.07) is 7.19. The van der Waals surface area contributed by atoms with Crippen LogP contribution in [-0.4, -0.2) is 18.1 Å². The first-order valence-electron chi connectivity index (χ1n) is 6.16. The highest BCUT2D eigenvalue weighted by Gasteiger charge is 2.52. The summed E-state index contributed by atoms with van der Waals surface area (Å²) in [4.78, 5) is 11.2. The monoisotopic (exact) mass is 245 g/mol. The van der Waals surface area contributed by atoms with Crippen LogP contribution in [0.15, 0.2) is 36.4 Å². The van der Waals surface area contributed by atoms with Crippen LogP contribution < -0.4 is 4.74 Å². The zero-order valence-electron chi connectivity index (χ0n) is 10.2. The Labute approximate surface area is 105 Å². The van der Waals surface area contributed by atoms with E-state index in [0.717, 1.165) is 17.7 Å². The van der Waals surface area contributed by atoms with Crippen molar-refractivity contribution in [2.24, 2.45) is 11.8 Å². The molecule has 0 saturated heterocycles. The summed E-state index contributed by atoms with van der Waals surface area (Å²) in [6.07, 6.45) is 5.05. The largest absolute Gasteiger partial charge is 0.497 e. The molecular formula is C14H15NO3. The third kappa shape index (κ3) is 1.60. The minimum absolute atomic E-state index is 0.00917. The fraction of sp³-hybridized carbons (Fsp3) is 0.429. The van der Waals surface area contributed by atoms with Gasteiger partial charge in [0.1, 0.15) is 5.75 Å². The van der Waals surface area contributed by atoms with Crippen molar-refractivity contribution < 1.29 is 9.66 Å². The molecule has 0 spiro atoms. The maximum Gasteiger partial charge on any atom is 0.226 e. The SMILES string of the molecule is COc1cccc(C2C3C=CC(C3)C2[N+](=O)[O-])c1. The Kier molecular flexibility index (Phi) is 2.58. The van der Waals surface area contributed by atoms with E-state index in [9.17, 15) is 10.1 Å². The molecule has 1 fully saturated rings. The predicted molar refractivity (Wildman–Crippen MR) is 67.3 cm³/mol. The van der Waals surface area contributed by atoms with Crippen molar-refractivity contribution in [3.63, 3.8) is 0 Å². The number of nitrogens with zero attached hydrogens (tertiary/aromatic N) is 1. The summed E-state index contributed by atoms with van der Waals surface area (Å²) in [5.41, 5.74) is 1.02. The van der Waals surface area contributed by atoms with Crippen molar-refractivity contribution in [3.8, 4) is 5.75 Å². The molecule has 0 heterocycles. The molecule has 3 rings (SSSR count). The zero-order valence-corrected chi connectivity index (χ0v) is 10.2. The average Bonchev–Trinajstić information content (AvgIpc) is 2.98. The second-order valence-corrected chi connectivity index (χ2v) is 5.03. The van der Waals surface area contributed by atoms with Crippen LogP contribution in [0, 0.1) is 22.0 Å². The van der Waals surface area contributed by atoms with Crippen molar-refractivity contribution in [2.45, 2.75) is 18.4 Å². The molecule has 1 aromatic carbocycles. The van der Waals surface area contributed by atoms with Gasteiger partial charge >= 0.3 is 0 Å². The van der Waals surface area contributed by atoms with Crippen molar-refractivity contribution in [3.05, 3.63) is 52.1 Å². The molecule has 0 N–H and O–H groups in total. The van der Waals surface area contributed by atoms with Gasteiger partial charge in [-0.25, -0.2) is 0 Å². The van der Waals surface area contributed by atoms with E-state index in [2.05, 4.69) is 6.08 Å². The van der Waals surface area contributed by atoms with Gasteiger partial charge < -0.3 is 4.74 Å². The van der Waals surface area contributed by atoms with Crippen LogP contribution in [0.25, 0.3) is 0 Å². The van der Waals surface area contributed by atoms with Gasteiger partial charge in [0, 0.05) is 10.8 Å². The van der Waals surface area contributed by atoms with Crippen LogP contribution in [0.4, 0.5) is 0 Å². The van der Waals surface area contributed by atoms with Gasteiger partial charge in [-0.05, 0) is 30.0 Å². The third-order valence-electron chi connectivity index (χ3n) is 4.14. The minimum atomic E-state index is -0.480. The molecule has 1 aromatic rings. The van der Waals surface area contributed by atoms with Crippen LogP contribution in [0.3, 0.4) is 0 Å². The number of nitro groups is 1. The summed E-state index contributed by atoms with van der Waals surface area (Å²) in [6.45, 7) is 0. The van der Waals surface area contributed by atoms with E-state index in [0.29, 0.717) is 5.92 Å². The predicted octanol–water partition coefficient (Wildman–Crippen LogP) is 2.63. The number of ether oxygens (including phenoxy) is 1. The van der Waals surface area contributed by atoms with E-state index in [1.165, 1.54) is 0 Å². The van der Waals surface area contributed by atoms with Gasteiger partial charge in [0.15, 0.2) is 0 Å². The Morgan fingerprint density at radius 1 is 1.33 bits per heavy atom. The Morgan fingerprint density at radius 3 is 2.83 bits per heavy atom. The minimum Gasteiger partial charge on any atom is -0.497 e. The topological polar surface area (TPSA) is 52.4 Å². The van der Waals surface area contributed by atoms with Crippen molar-refractivity contribution in [2.75, 3.05) is 7.11 Å². The van der Waals surface area contributed by atoms with Crippen molar-refractivity contribution >= 4 is 0 Å². The Balaban J connectivity index is 1.99. The van der Waals surface area contributed by atoms with Crippen LogP contribution in [0.2, 0.25) is 0 Å². The summed E-state index contributed by atoms with van der Waals surface area (Å²) in [5, 5.41) is 11.3. The van der Waals surface area contributed by atoms with Crippen LogP contribution >= 0.6 is 0 Å². The maximum absolute atomic E-state index is 11.3. The van der Waals surface area contributed by atoms with Gasteiger partial charge in [0.05, 0.1) is 13.0 Å². The number of fused-ring (bicyclic) bond motifs is 2. The van der Waals surface area contributed by atoms with E-state index >= 15 is 0 Å². The lowest BCUT2D eigenvalue weighted by Gasteiger charge is -2.22. The molecule has 2 bridgehead atoms. The fourth-order valence-electron chi connectivity index (χ4n) is 3.38. The van der Waals surface area contributed by atoms with E-state index in [4.69, 9.17) is 4.74 Å². The number of methoxy groups -OCH3 is 1. The second kappa shape index (κ2) is 4.12. The molecule has 0 amide bonds. The van der Waals surface area contributed by atoms with E-state index < -0.39 is 6.04 Å². The fourth-order valence-corrected chi connectivity index (χ4v) is 3.38. The number of hydrogen-bond acceptors (Lipinski definition) is 3. The smallest absolute Gasteiger partial charge is 0.226 e. The Bertz CT molecular complexity index is 512. The highest BCUT2D eigenvalue weighted by molar-refractivity contribution is 5.35. The molecule has 18 heavy (non-hydrogen) atoms. The molecule has 2 aliphatic carbocycles.